The Kier molecular flexibility index (Phi) is 6.10. The molecule has 0 amide bonds. The van der Waals surface area contributed by atoms with Gasteiger partial charge >= 0.3 is 0 Å². The van der Waals surface area contributed by atoms with Gasteiger partial charge in [0.25, 0.3) is 0 Å². The molecule has 0 bridgehead atoms. The fourth-order valence-corrected chi connectivity index (χ4v) is 2.29. The van der Waals surface area contributed by atoms with Gasteiger partial charge in [0.1, 0.15) is 5.75 Å². The van der Waals surface area contributed by atoms with Gasteiger partial charge in [0.2, 0.25) is 0 Å². The van der Waals surface area contributed by atoms with E-state index in [1.165, 1.54) is 0 Å². The summed E-state index contributed by atoms with van der Waals surface area (Å²) < 4.78 is 5.16. The van der Waals surface area contributed by atoms with Crippen molar-refractivity contribution >= 4 is 23.2 Å². The minimum atomic E-state index is 0.396. The van der Waals surface area contributed by atoms with E-state index in [1.54, 1.807) is 7.11 Å². The lowest BCUT2D eigenvalue weighted by atomic mass is 10.1. The summed E-state index contributed by atoms with van der Waals surface area (Å²) in [6.07, 6.45) is 1.78. The molecule has 0 aliphatic rings. The minimum absolute atomic E-state index is 0.396. The van der Waals surface area contributed by atoms with Crippen LogP contribution in [0.1, 0.15) is 12.0 Å². The third-order valence-electron chi connectivity index (χ3n) is 3.19. The Morgan fingerprint density at radius 1 is 1.23 bits per heavy atom. The second-order valence-electron chi connectivity index (χ2n) is 4.82. The number of halogens is 1. The van der Waals surface area contributed by atoms with Crippen molar-refractivity contribution in [1.29, 1.82) is 0 Å². The number of benzene rings is 2. The quantitative estimate of drug-likeness (QED) is 0.485. The summed E-state index contributed by atoms with van der Waals surface area (Å²) in [5.41, 5.74) is 7.87. The second kappa shape index (κ2) is 8.29. The SMILES string of the molecule is COc1cccc(NC(N)=NCCCc2ccccc2Cl)c1. The van der Waals surface area contributed by atoms with Gasteiger partial charge in [-0.25, -0.2) is 0 Å². The Morgan fingerprint density at radius 3 is 2.82 bits per heavy atom. The van der Waals surface area contributed by atoms with E-state index in [1.807, 2.05) is 48.5 Å². The summed E-state index contributed by atoms with van der Waals surface area (Å²) in [5.74, 6) is 1.17. The molecule has 0 radical (unpaired) electrons. The van der Waals surface area contributed by atoms with Crippen LogP contribution in [0.3, 0.4) is 0 Å². The molecule has 4 nitrogen and oxygen atoms in total. The van der Waals surface area contributed by atoms with Crippen molar-refractivity contribution in [2.75, 3.05) is 19.0 Å². The maximum Gasteiger partial charge on any atom is 0.193 e. The number of rotatable bonds is 6. The number of nitrogens with one attached hydrogen (secondary N) is 1. The molecule has 0 aromatic heterocycles. The largest absolute Gasteiger partial charge is 0.497 e. The minimum Gasteiger partial charge on any atom is -0.497 e. The van der Waals surface area contributed by atoms with E-state index in [2.05, 4.69) is 10.3 Å². The smallest absolute Gasteiger partial charge is 0.193 e. The van der Waals surface area contributed by atoms with Gasteiger partial charge in [-0.1, -0.05) is 35.9 Å². The number of hydrogen-bond donors (Lipinski definition) is 2. The number of anilines is 1. The number of hydrogen-bond acceptors (Lipinski definition) is 2. The van der Waals surface area contributed by atoms with Crippen LogP contribution in [0.4, 0.5) is 5.69 Å². The van der Waals surface area contributed by atoms with E-state index in [0.717, 1.165) is 34.9 Å². The van der Waals surface area contributed by atoms with Crippen molar-refractivity contribution in [3.8, 4) is 5.75 Å². The molecule has 0 spiro atoms. The zero-order valence-corrected chi connectivity index (χ0v) is 13.3. The van der Waals surface area contributed by atoms with Crippen LogP contribution >= 0.6 is 11.6 Å². The first-order chi connectivity index (χ1) is 10.7. The summed E-state index contributed by atoms with van der Waals surface area (Å²) in [5, 5.41) is 3.85. The molecule has 2 aromatic carbocycles. The second-order valence-corrected chi connectivity index (χ2v) is 5.23. The average Bonchev–Trinajstić information content (AvgIpc) is 2.53. The van der Waals surface area contributed by atoms with E-state index < -0.39 is 0 Å². The Labute approximate surface area is 136 Å². The Morgan fingerprint density at radius 2 is 2.05 bits per heavy atom. The average molecular weight is 318 g/mol. The summed E-state index contributed by atoms with van der Waals surface area (Å²) in [7, 11) is 1.63. The number of methoxy groups -OCH3 is 1. The van der Waals surface area contributed by atoms with Gasteiger partial charge in [0, 0.05) is 23.3 Å². The standard InChI is InChI=1S/C17H20ClN3O/c1-22-15-9-4-8-14(12-15)21-17(19)20-11-5-7-13-6-2-3-10-16(13)18/h2-4,6,8-10,12H,5,7,11H2,1H3,(H3,19,20,21). The topological polar surface area (TPSA) is 59.6 Å². The normalized spacial score (nSPS) is 11.3. The number of aliphatic imine (C=N–C) groups is 1. The molecule has 0 aliphatic heterocycles. The lowest BCUT2D eigenvalue weighted by Gasteiger charge is -2.07. The first-order valence-electron chi connectivity index (χ1n) is 7.13. The molecule has 0 saturated carbocycles. The van der Waals surface area contributed by atoms with Crippen LogP contribution < -0.4 is 15.8 Å². The van der Waals surface area contributed by atoms with Crippen molar-refractivity contribution in [2.45, 2.75) is 12.8 Å². The summed E-state index contributed by atoms with van der Waals surface area (Å²) >= 11 is 6.12. The molecule has 5 heteroatoms. The van der Waals surface area contributed by atoms with Gasteiger partial charge in [-0.05, 0) is 36.6 Å². The first kappa shape index (κ1) is 16.2. The van der Waals surface area contributed by atoms with E-state index in [4.69, 9.17) is 22.1 Å². The van der Waals surface area contributed by atoms with Crippen LogP contribution in [0, 0.1) is 0 Å². The Bertz CT molecular complexity index is 643. The third-order valence-corrected chi connectivity index (χ3v) is 3.56. The summed E-state index contributed by atoms with van der Waals surface area (Å²) in [6, 6.07) is 15.4. The molecule has 0 atom stereocenters. The highest BCUT2D eigenvalue weighted by Crippen LogP contribution is 2.17. The van der Waals surface area contributed by atoms with Gasteiger partial charge in [-0.3, -0.25) is 4.99 Å². The van der Waals surface area contributed by atoms with Crippen molar-refractivity contribution in [2.24, 2.45) is 10.7 Å². The van der Waals surface area contributed by atoms with Gasteiger partial charge < -0.3 is 15.8 Å². The van der Waals surface area contributed by atoms with Crippen LogP contribution in [0.5, 0.6) is 5.75 Å². The number of nitrogens with two attached hydrogens (primary N) is 1. The molecule has 22 heavy (non-hydrogen) atoms. The van der Waals surface area contributed by atoms with Gasteiger partial charge in [0.05, 0.1) is 7.11 Å². The number of guanidine groups is 1. The Hall–Kier alpha value is -2.20. The Balaban J connectivity index is 1.81. The van der Waals surface area contributed by atoms with E-state index in [-0.39, 0.29) is 0 Å². The molecule has 0 heterocycles. The highest BCUT2D eigenvalue weighted by atomic mass is 35.5. The first-order valence-corrected chi connectivity index (χ1v) is 7.51. The third kappa shape index (κ3) is 4.97. The molecule has 116 valence electrons. The summed E-state index contributed by atoms with van der Waals surface area (Å²) in [6.45, 7) is 0.647. The van der Waals surface area contributed by atoms with E-state index in [0.29, 0.717) is 12.5 Å². The molecule has 0 fully saturated rings. The van der Waals surface area contributed by atoms with Crippen molar-refractivity contribution in [3.05, 3.63) is 59.1 Å². The molecule has 3 N–H and O–H groups in total. The fourth-order valence-electron chi connectivity index (χ4n) is 2.06. The van der Waals surface area contributed by atoms with E-state index in [9.17, 15) is 0 Å². The molecular weight excluding hydrogens is 298 g/mol. The number of aryl methyl sites for hydroxylation is 1. The maximum atomic E-state index is 6.12. The molecule has 0 unspecified atom stereocenters. The molecule has 2 rings (SSSR count). The highest BCUT2D eigenvalue weighted by molar-refractivity contribution is 6.31. The lowest BCUT2D eigenvalue weighted by Crippen LogP contribution is -2.22. The van der Waals surface area contributed by atoms with Crippen molar-refractivity contribution in [1.82, 2.24) is 0 Å². The summed E-state index contributed by atoms with van der Waals surface area (Å²) in [4.78, 5) is 4.32. The van der Waals surface area contributed by atoms with E-state index >= 15 is 0 Å². The van der Waals surface area contributed by atoms with Crippen LogP contribution in [-0.4, -0.2) is 19.6 Å². The predicted octanol–water partition coefficient (Wildman–Crippen LogP) is 3.71. The van der Waals surface area contributed by atoms with Crippen molar-refractivity contribution < 1.29 is 4.74 Å². The number of ether oxygens (including phenoxy) is 1. The van der Waals surface area contributed by atoms with Gasteiger partial charge in [0.15, 0.2) is 5.96 Å². The van der Waals surface area contributed by atoms with Crippen LogP contribution in [0.15, 0.2) is 53.5 Å². The molecular formula is C17H20ClN3O. The van der Waals surface area contributed by atoms with Gasteiger partial charge in [-0.15, -0.1) is 0 Å². The van der Waals surface area contributed by atoms with Crippen LogP contribution in [0.2, 0.25) is 5.02 Å². The van der Waals surface area contributed by atoms with Crippen LogP contribution in [-0.2, 0) is 6.42 Å². The predicted molar refractivity (Wildman–Crippen MR) is 92.9 cm³/mol. The molecule has 2 aromatic rings. The fraction of sp³-hybridized carbons (Fsp3) is 0.235. The number of nitrogens with zero attached hydrogens (tertiary/aromatic N) is 1. The van der Waals surface area contributed by atoms with Crippen molar-refractivity contribution in [3.63, 3.8) is 0 Å². The maximum absolute atomic E-state index is 6.12. The highest BCUT2D eigenvalue weighted by Gasteiger charge is 1.99. The van der Waals surface area contributed by atoms with Gasteiger partial charge in [-0.2, -0.15) is 0 Å². The van der Waals surface area contributed by atoms with Crippen LogP contribution in [0.25, 0.3) is 0 Å². The monoisotopic (exact) mass is 317 g/mol. The molecule has 0 aliphatic carbocycles. The molecule has 0 saturated heterocycles. The zero-order chi connectivity index (χ0) is 15.8. The zero-order valence-electron chi connectivity index (χ0n) is 12.6. The lowest BCUT2D eigenvalue weighted by molar-refractivity contribution is 0.415.